The van der Waals surface area contributed by atoms with Gasteiger partial charge in [-0.25, -0.2) is 0 Å². The zero-order valence-corrected chi connectivity index (χ0v) is 14.0. The third kappa shape index (κ3) is 2.08. The first kappa shape index (κ1) is 14.5. The first-order chi connectivity index (χ1) is 12.3. The lowest BCUT2D eigenvalue weighted by Crippen LogP contribution is -1.88. The molecule has 0 heterocycles. The molecular formula is C23H18O2. The van der Waals surface area contributed by atoms with Crippen molar-refractivity contribution in [2.24, 2.45) is 0 Å². The summed E-state index contributed by atoms with van der Waals surface area (Å²) in [6.45, 7) is 0.0831. The van der Waals surface area contributed by atoms with Crippen LogP contribution in [-0.2, 0) is 13.0 Å². The van der Waals surface area contributed by atoms with Crippen LogP contribution in [0.15, 0.2) is 60.7 Å². The Morgan fingerprint density at radius 2 is 1.44 bits per heavy atom. The summed E-state index contributed by atoms with van der Waals surface area (Å²) >= 11 is 0. The summed E-state index contributed by atoms with van der Waals surface area (Å²) in [7, 11) is 1.71. The maximum absolute atomic E-state index is 9.38. The summed E-state index contributed by atoms with van der Waals surface area (Å²) in [6, 6.07) is 21.4. The zero-order chi connectivity index (χ0) is 17.0. The van der Waals surface area contributed by atoms with Gasteiger partial charge in [0.2, 0.25) is 0 Å². The number of aliphatic hydroxyl groups is 1. The number of aliphatic hydroxyl groups excluding tert-OH is 1. The van der Waals surface area contributed by atoms with E-state index < -0.39 is 0 Å². The molecule has 0 fully saturated rings. The van der Waals surface area contributed by atoms with Crippen molar-refractivity contribution in [1.82, 2.24) is 0 Å². The lowest BCUT2D eigenvalue weighted by Gasteiger charge is -2.08. The molecule has 0 saturated heterocycles. The minimum absolute atomic E-state index is 0.0831. The molecule has 1 aliphatic carbocycles. The van der Waals surface area contributed by atoms with Crippen LogP contribution in [0.1, 0.15) is 16.7 Å². The number of fused-ring (bicyclic) bond motifs is 7. The highest BCUT2D eigenvalue weighted by Gasteiger charge is 2.22. The van der Waals surface area contributed by atoms with Gasteiger partial charge in [-0.15, -0.1) is 0 Å². The lowest BCUT2D eigenvalue weighted by molar-refractivity contribution is 0.282. The van der Waals surface area contributed by atoms with Gasteiger partial charge in [-0.2, -0.15) is 0 Å². The molecule has 4 aromatic carbocycles. The van der Waals surface area contributed by atoms with E-state index in [1.165, 1.54) is 43.8 Å². The van der Waals surface area contributed by atoms with Gasteiger partial charge >= 0.3 is 0 Å². The second-order valence-corrected chi connectivity index (χ2v) is 6.66. The molecule has 122 valence electrons. The lowest BCUT2D eigenvalue weighted by atomic mass is 9.98. The van der Waals surface area contributed by atoms with Gasteiger partial charge in [0.05, 0.1) is 13.7 Å². The summed E-state index contributed by atoms with van der Waals surface area (Å²) in [5, 5.41) is 14.4. The van der Waals surface area contributed by atoms with E-state index >= 15 is 0 Å². The van der Waals surface area contributed by atoms with Crippen LogP contribution < -0.4 is 4.74 Å². The number of ether oxygens (including phenoxy) is 1. The Morgan fingerprint density at radius 3 is 2.08 bits per heavy atom. The van der Waals surface area contributed by atoms with Gasteiger partial charge in [-0.3, -0.25) is 0 Å². The van der Waals surface area contributed by atoms with Crippen LogP contribution in [0.3, 0.4) is 0 Å². The molecule has 0 amide bonds. The van der Waals surface area contributed by atoms with Crippen molar-refractivity contribution in [1.29, 1.82) is 0 Å². The van der Waals surface area contributed by atoms with Crippen LogP contribution in [0, 0.1) is 0 Å². The van der Waals surface area contributed by atoms with Gasteiger partial charge < -0.3 is 9.84 Å². The quantitative estimate of drug-likeness (QED) is 0.491. The van der Waals surface area contributed by atoms with E-state index in [0.717, 1.165) is 17.7 Å². The smallest absolute Gasteiger partial charge is 0.119 e. The molecule has 4 aromatic rings. The van der Waals surface area contributed by atoms with Crippen LogP contribution in [0.25, 0.3) is 32.7 Å². The van der Waals surface area contributed by atoms with Crippen molar-refractivity contribution in [3.63, 3.8) is 0 Å². The first-order valence-electron chi connectivity index (χ1n) is 8.54. The molecule has 0 aromatic heterocycles. The minimum atomic E-state index is 0.0831. The van der Waals surface area contributed by atoms with Gasteiger partial charge in [0, 0.05) is 0 Å². The summed E-state index contributed by atoms with van der Waals surface area (Å²) in [6.07, 6.45) is 0.949. The molecular weight excluding hydrogens is 308 g/mol. The van der Waals surface area contributed by atoms with E-state index in [0.29, 0.717) is 0 Å². The number of hydrogen-bond acceptors (Lipinski definition) is 2. The molecule has 2 nitrogen and oxygen atoms in total. The fourth-order valence-corrected chi connectivity index (χ4v) is 4.10. The van der Waals surface area contributed by atoms with E-state index in [-0.39, 0.29) is 6.61 Å². The Bertz CT molecular complexity index is 1050. The van der Waals surface area contributed by atoms with Crippen LogP contribution in [-0.4, -0.2) is 12.2 Å². The maximum atomic E-state index is 9.38. The highest BCUT2D eigenvalue weighted by atomic mass is 16.5. The fourth-order valence-electron chi connectivity index (χ4n) is 4.10. The maximum Gasteiger partial charge on any atom is 0.119 e. The Hall–Kier alpha value is -2.84. The van der Waals surface area contributed by atoms with Crippen molar-refractivity contribution in [2.45, 2.75) is 13.0 Å². The molecule has 1 aliphatic rings. The fraction of sp³-hybridized carbons (Fsp3) is 0.130. The summed E-state index contributed by atoms with van der Waals surface area (Å²) in [5.74, 6) is 0.893. The van der Waals surface area contributed by atoms with E-state index in [4.69, 9.17) is 4.74 Å². The molecule has 0 saturated carbocycles. The SMILES string of the molecule is COc1ccc2c3c(ccc2c1)-c1ccc2cc(CO)ccc2c1C3. The third-order valence-corrected chi connectivity index (χ3v) is 5.36. The largest absolute Gasteiger partial charge is 0.497 e. The standard InChI is InChI=1S/C23H18O2/c1-25-17-5-9-19-16(11-17)4-8-21-20-7-3-15-10-14(13-24)2-6-18(15)22(20)12-23(19)21/h2-11,24H,12-13H2,1H3. The highest BCUT2D eigenvalue weighted by molar-refractivity contribution is 6.01. The van der Waals surface area contributed by atoms with Gasteiger partial charge in [-0.1, -0.05) is 42.5 Å². The van der Waals surface area contributed by atoms with Gasteiger partial charge in [0.25, 0.3) is 0 Å². The molecule has 0 atom stereocenters. The van der Waals surface area contributed by atoms with Crippen molar-refractivity contribution >= 4 is 21.5 Å². The molecule has 1 N–H and O–H groups in total. The molecule has 0 aliphatic heterocycles. The van der Waals surface area contributed by atoms with Gasteiger partial charge in [0.1, 0.15) is 5.75 Å². The monoisotopic (exact) mass is 326 g/mol. The average molecular weight is 326 g/mol. The van der Waals surface area contributed by atoms with E-state index in [1.54, 1.807) is 7.11 Å². The van der Waals surface area contributed by atoms with E-state index in [1.807, 2.05) is 12.1 Å². The van der Waals surface area contributed by atoms with Crippen molar-refractivity contribution in [3.8, 4) is 16.9 Å². The first-order valence-corrected chi connectivity index (χ1v) is 8.54. The molecule has 0 radical (unpaired) electrons. The van der Waals surface area contributed by atoms with Crippen LogP contribution in [0.4, 0.5) is 0 Å². The number of rotatable bonds is 2. The van der Waals surface area contributed by atoms with Crippen LogP contribution >= 0.6 is 0 Å². The second kappa shape index (κ2) is 5.33. The molecule has 0 bridgehead atoms. The van der Waals surface area contributed by atoms with E-state index in [2.05, 4.69) is 48.5 Å². The molecule has 0 spiro atoms. The zero-order valence-electron chi connectivity index (χ0n) is 14.0. The molecule has 0 unspecified atom stereocenters. The summed E-state index contributed by atoms with van der Waals surface area (Å²) in [5.41, 5.74) is 6.41. The number of methoxy groups -OCH3 is 1. The van der Waals surface area contributed by atoms with Crippen molar-refractivity contribution in [2.75, 3.05) is 7.11 Å². The van der Waals surface area contributed by atoms with Crippen LogP contribution in [0.5, 0.6) is 5.75 Å². The average Bonchev–Trinajstić information content (AvgIpc) is 3.06. The molecule has 2 heteroatoms. The Labute approximate surface area is 146 Å². The second-order valence-electron chi connectivity index (χ2n) is 6.66. The predicted octanol–water partition coefficient (Wildman–Crippen LogP) is 5.07. The topological polar surface area (TPSA) is 29.5 Å². The Balaban J connectivity index is 1.74. The molecule has 25 heavy (non-hydrogen) atoms. The highest BCUT2D eigenvalue weighted by Crippen LogP contribution is 2.43. The Kier molecular flexibility index (Phi) is 3.09. The summed E-state index contributed by atoms with van der Waals surface area (Å²) in [4.78, 5) is 0. The third-order valence-electron chi connectivity index (χ3n) is 5.36. The number of hydrogen-bond donors (Lipinski definition) is 1. The summed E-state index contributed by atoms with van der Waals surface area (Å²) < 4.78 is 5.36. The van der Waals surface area contributed by atoms with E-state index in [9.17, 15) is 5.11 Å². The van der Waals surface area contributed by atoms with Crippen molar-refractivity contribution in [3.05, 3.63) is 77.4 Å². The molecule has 5 rings (SSSR count). The normalized spacial score (nSPS) is 12.4. The van der Waals surface area contributed by atoms with Gasteiger partial charge in [-0.05, 0) is 74.0 Å². The number of benzene rings is 4. The Morgan fingerprint density at radius 1 is 0.800 bits per heavy atom. The van der Waals surface area contributed by atoms with Gasteiger partial charge in [0.15, 0.2) is 0 Å². The van der Waals surface area contributed by atoms with Crippen LogP contribution in [0.2, 0.25) is 0 Å². The predicted molar refractivity (Wildman–Crippen MR) is 102 cm³/mol. The minimum Gasteiger partial charge on any atom is -0.497 e. The van der Waals surface area contributed by atoms with Crippen molar-refractivity contribution < 1.29 is 9.84 Å².